The van der Waals surface area contributed by atoms with Gasteiger partial charge >= 0.3 is 0 Å². The second-order valence-corrected chi connectivity index (χ2v) is 4.72. The topological polar surface area (TPSA) is 97.6 Å². The highest BCUT2D eigenvalue weighted by atomic mass is 35.5. The molecule has 3 heterocycles. The molecule has 1 saturated heterocycles. The van der Waals surface area contributed by atoms with Crippen LogP contribution >= 0.6 is 11.6 Å². The van der Waals surface area contributed by atoms with E-state index in [1.54, 1.807) is 23.3 Å². The summed E-state index contributed by atoms with van der Waals surface area (Å²) in [5, 5.41) is 6.04. The fourth-order valence-corrected chi connectivity index (χ4v) is 2.09. The highest BCUT2D eigenvalue weighted by molar-refractivity contribution is 6.28. The Morgan fingerprint density at radius 3 is 3.00 bits per heavy atom. The highest BCUT2D eigenvalue weighted by Crippen LogP contribution is 2.13. The third-order valence-corrected chi connectivity index (χ3v) is 3.10. The zero-order chi connectivity index (χ0) is 13.9. The first-order valence-electron chi connectivity index (χ1n) is 6.14. The molecule has 2 N–H and O–H groups in total. The lowest BCUT2D eigenvalue weighted by atomic mass is 10.1. The van der Waals surface area contributed by atoms with Crippen LogP contribution < -0.4 is 10.6 Å². The van der Waals surface area contributed by atoms with Crippen LogP contribution in [0.3, 0.4) is 0 Å². The Labute approximate surface area is 119 Å². The van der Waals surface area contributed by atoms with Crippen LogP contribution in [0, 0.1) is 0 Å². The number of hydrogen-bond donors (Lipinski definition) is 2. The minimum Gasteiger partial charge on any atom is -0.354 e. The Morgan fingerprint density at radius 1 is 1.40 bits per heavy atom. The normalized spacial score (nSPS) is 18.6. The molecule has 1 aliphatic heterocycles. The molecule has 0 spiro atoms. The Morgan fingerprint density at radius 2 is 2.30 bits per heavy atom. The minimum atomic E-state index is 0.0656. The van der Waals surface area contributed by atoms with E-state index in [1.165, 1.54) is 0 Å². The van der Waals surface area contributed by atoms with E-state index < -0.39 is 0 Å². The van der Waals surface area contributed by atoms with Crippen molar-refractivity contribution in [1.82, 2.24) is 29.8 Å². The number of hydrogen-bond acceptors (Lipinski definition) is 6. The molecule has 2 aromatic heterocycles. The van der Waals surface area contributed by atoms with Crippen molar-refractivity contribution in [3.8, 4) is 5.95 Å². The average molecular weight is 294 g/mol. The van der Waals surface area contributed by atoms with Crippen LogP contribution in [-0.4, -0.2) is 43.0 Å². The number of nitrogens with one attached hydrogen (secondary N) is 2. The number of carbonyl (C=O) groups is 1. The van der Waals surface area contributed by atoms with E-state index in [0.717, 1.165) is 6.42 Å². The summed E-state index contributed by atoms with van der Waals surface area (Å²) in [5.41, 5.74) is 0. The van der Waals surface area contributed by atoms with Crippen molar-refractivity contribution in [3.63, 3.8) is 0 Å². The van der Waals surface area contributed by atoms with E-state index in [1.807, 2.05) is 0 Å². The number of halogens is 1. The van der Waals surface area contributed by atoms with Crippen molar-refractivity contribution < 1.29 is 4.79 Å². The first-order chi connectivity index (χ1) is 9.70. The molecule has 2 aromatic rings. The number of carbonyl (C=O) groups excluding carboxylic acids is 1. The van der Waals surface area contributed by atoms with Gasteiger partial charge in [0, 0.05) is 31.4 Å². The van der Waals surface area contributed by atoms with Gasteiger partial charge in [-0.25, -0.2) is 4.98 Å². The van der Waals surface area contributed by atoms with Gasteiger partial charge in [-0.2, -0.15) is 15.0 Å². The first kappa shape index (κ1) is 12.8. The molecular weight excluding hydrogens is 282 g/mol. The standard InChI is InChI=1S/C11H12ClN7O/c12-9-16-10(15-7-1-2-8(20)14-5-7)18-11(17-9)19-4-3-13-6-19/h3-4,6-7H,1-2,5H2,(H,14,20)(H,15,16,17,18). The minimum absolute atomic E-state index is 0.0656. The van der Waals surface area contributed by atoms with E-state index in [2.05, 4.69) is 30.6 Å². The van der Waals surface area contributed by atoms with Crippen LogP contribution in [0.2, 0.25) is 5.28 Å². The molecule has 3 rings (SSSR count). The SMILES string of the molecule is O=C1CCC(Nc2nc(Cl)nc(-n3ccnc3)n2)CN1. The predicted octanol–water partition coefficient (Wildman–Crippen LogP) is 0.401. The van der Waals surface area contributed by atoms with Gasteiger partial charge in [0.05, 0.1) is 0 Å². The summed E-state index contributed by atoms with van der Waals surface area (Å²) in [7, 11) is 0. The molecule has 20 heavy (non-hydrogen) atoms. The summed E-state index contributed by atoms with van der Waals surface area (Å²) in [6.45, 7) is 0.544. The molecule has 1 unspecified atom stereocenters. The molecule has 8 nitrogen and oxygen atoms in total. The van der Waals surface area contributed by atoms with Gasteiger partial charge < -0.3 is 10.6 Å². The summed E-state index contributed by atoms with van der Waals surface area (Å²) in [6, 6.07) is 0.0850. The molecule has 1 aliphatic rings. The van der Waals surface area contributed by atoms with Crippen molar-refractivity contribution in [3.05, 3.63) is 24.0 Å². The fourth-order valence-electron chi connectivity index (χ4n) is 1.94. The van der Waals surface area contributed by atoms with E-state index >= 15 is 0 Å². The van der Waals surface area contributed by atoms with E-state index in [0.29, 0.717) is 24.9 Å². The van der Waals surface area contributed by atoms with Crippen molar-refractivity contribution in [1.29, 1.82) is 0 Å². The number of amides is 1. The van der Waals surface area contributed by atoms with Crippen LogP contribution in [0.5, 0.6) is 0 Å². The maximum atomic E-state index is 11.1. The first-order valence-corrected chi connectivity index (χ1v) is 6.51. The third kappa shape index (κ3) is 2.85. The predicted molar refractivity (Wildman–Crippen MR) is 71.6 cm³/mol. The summed E-state index contributed by atoms with van der Waals surface area (Å²) < 4.78 is 1.64. The molecule has 1 atom stereocenters. The van der Waals surface area contributed by atoms with E-state index in [4.69, 9.17) is 11.6 Å². The molecule has 0 aromatic carbocycles. The lowest BCUT2D eigenvalue weighted by molar-refractivity contribution is -0.122. The summed E-state index contributed by atoms with van der Waals surface area (Å²) >= 11 is 5.90. The van der Waals surface area contributed by atoms with E-state index in [-0.39, 0.29) is 17.2 Å². The van der Waals surface area contributed by atoms with E-state index in [9.17, 15) is 4.79 Å². The molecule has 0 radical (unpaired) electrons. The van der Waals surface area contributed by atoms with Gasteiger partial charge in [0.1, 0.15) is 6.33 Å². The van der Waals surface area contributed by atoms with Crippen LogP contribution in [0.4, 0.5) is 5.95 Å². The quantitative estimate of drug-likeness (QED) is 0.850. The van der Waals surface area contributed by atoms with Crippen molar-refractivity contribution in [2.24, 2.45) is 0 Å². The summed E-state index contributed by atoms with van der Waals surface area (Å²) in [5.74, 6) is 0.843. The fraction of sp³-hybridized carbons (Fsp3) is 0.364. The van der Waals surface area contributed by atoms with Gasteiger partial charge in [-0.1, -0.05) is 0 Å². The molecule has 0 saturated carbocycles. The molecule has 0 aliphatic carbocycles. The third-order valence-electron chi connectivity index (χ3n) is 2.93. The second-order valence-electron chi connectivity index (χ2n) is 4.38. The maximum absolute atomic E-state index is 11.1. The second kappa shape index (κ2) is 5.41. The number of rotatable bonds is 3. The monoisotopic (exact) mass is 293 g/mol. The highest BCUT2D eigenvalue weighted by Gasteiger charge is 2.19. The van der Waals surface area contributed by atoms with Crippen molar-refractivity contribution >= 4 is 23.5 Å². The van der Waals surface area contributed by atoms with Crippen LogP contribution in [-0.2, 0) is 4.79 Å². The van der Waals surface area contributed by atoms with Gasteiger partial charge in [-0.3, -0.25) is 9.36 Å². The Hall–Kier alpha value is -2.22. The lowest BCUT2D eigenvalue weighted by Crippen LogP contribution is -2.42. The van der Waals surface area contributed by atoms with Crippen LogP contribution in [0.25, 0.3) is 5.95 Å². The number of anilines is 1. The number of imidazole rings is 1. The number of aromatic nitrogens is 5. The summed E-state index contributed by atoms with van der Waals surface area (Å²) in [6.07, 6.45) is 6.15. The number of nitrogens with zero attached hydrogens (tertiary/aromatic N) is 5. The number of piperidine rings is 1. The van der Waals surface area contributed by atoms with Gasteiger partial charge in [-0.05, 0) is 18.0 Å². The van der Waals surface area contributed by atoms with Crippen LogP contribution in [0.1, 0.15) is 12.8 Å². The zero-order valence-corrected chi connectivity index (χ0v) is 11.2. The summed E-state index contributed by atoms with van der Waals surface area (Å²) in [4.78, 5) is 27.4. The van der Waals surface area contributed by atoms with Gasteiger partial charge in [0.15, 0.2) is 0 Å². The Bertz CT molecular complexity index is 605. The zero-order valence-electron chi connectivity index (χ0n) is 10.5. The molecular formula is C11H12ClN7O. The van der Waals surface area contributed by atoms with Crippen molar-refractivity contribution in [2.45, 2.75) is 18.9 Å². The molecule has 1 amide bonds. The average Bonchev–Trinajstić information content (AvgIpc) is 2.95. The largest absolute Gasteiger partial charge is 0.354 e. The molecule has 1 fully saturated rings. The van der Waals surface area contributed by atoms with Crippen molar-refractivity contribution in [2.75, 3.05) is 11.9 Å². The molecule has 104 valence electrons. The molecule has 0 bridgehead atoms. The lowest BCUT2D eigenvalue weighted by Gasteiger charge is -2.23. The van der Waals surface area contributed by atoms with Crippen LogP contribution in [0.15, 0.2) is 18.7 Å². The van der Waals surface area contributed by atoms with Gasteiger partial charge in [0.25, 0.3) is 0 Å². The Balaban J connectivity index is 1.78. The smallest absolute Gasteiger partial charge is 0.241 e. The van der Waals surface area contributed by atoms with Gasteiger partial charge in [0.2, 0.25) is 23.1 Å². The Kier molecular flexibility index (Phi) is 3.46. The maximum Gasteiger partial charge on any atom is 0.241 e. The molecule has 9 heteroatoms. The van der Waals surface area contributed by atoms with Gasteiger partial charge in [-0.15, -0.1) is 0 Å².